The first-order chi connectivity index (χ1) is 12.4. The highest BCUT2D eigenvalue weighted by Crippen LogP contribution is 2.37. The van der Waals surface area contributed by atoms with Crippen LogP contribution >= 0.6 is 0 Å². The van der Waals surface area contributed by atoms with Crippen LogP contribution in [0.5, 0.6) is 5.75 Å². The van der Waals surface area contributed by atoms with Gasteiger partial charge in [-0.25, -0.2) is 8.42 Å². The number of amides is 1. The first-order valence-electron chi connectivity index (χ1n) is 8.17. The Morgan fingerprint density at radius 2 is 1.85 bits per heavy atom. The van der Waals surface area contributed by atoms with Gasteiger partial charge in [0.2, 0.25) is 0 Å². The van der Waals surface area contributed by atoms with Crippen LogP contribution in [0.3, 0.4) is 0 Å². The van der Waals surface area contributed by atoms with Gasteiger partial charge in [-0.15, -0.1) is 0 Å². The topological polar surface area (TPSA) is 102 Å². The molecule has 26 heavy (non-hydrogen) atoms. The van der Waals surface area contributed by atoms with Gasteiger partial charge in [-0.1, -0.05) is 18.2 Å². The Hall–Kier alpha value is -2.87. The lowest BCUT2D eigenvalue weighted by molar-refractivity contribution is -0.118. The molecular weight excluding hydrogens is 356 g/mol. The lowest BCUT2D eigenvalue weighted by atomic mass is 10.1. The van der Waals surface area contributed by atoms with Crippen LogP contribution in [0.1, 0.15) is 23.2 Å². The summed E-state index contributed by atoms with van der Waals surface area (Å²) in [5, 5.41) is 2.63. The van der Waals surface area contributed by atoms with Crippen molar-refractivity contribution in [1.29, 1.82) is 0 Å². The molecule has 0 radical (unpaired) electrons. The third-order valence-electron chi connectivity index (χ3n) is 4.28. The molecular formula is C18H16N2O5S. The van der Waals surface area contributed by atoms with Crippen molar-refractivity contribution in [2.75, 3.05) is 16.6 Å². The van der Waals surface area contributed by atoms with Crippen molar-refractivity contribution in [3.05, 3.63) is 48.0 Å². The van der Waals surface area contributed by atoms with Gasteiger partial charge in [0.1, 0.15) is 0 Å². The van der Waals surface area contributed by atoms with Crippen molar-refractivity contribution in [2.45, 2.75) is 17.7 Å². The molecule has 1 aliphatic heterocycles. The molecule has 2 aliphatic rings. The maximum absolute atomic E-state index is 12.6. The molecule has 1 aliphatic carbocycles. The van der Waals surface area contributed by atoms with Crippen LogP contribution in [0.2, 0.25) is 0 Å². The minimum Gasteiger partial charge on any atom is -0.479 e. The van der Waals surface area contributed by atoms with Gasteiger partial charge in [0.25, 0.3) is 15.9 Å². The number of carbonyl (C=O) groups excluding carboxylic acids is 2. The molecule has 1 fully saturated rings. The lowest BCUT2D eigenvalue weighted by Gasteiger charge is -2.21. The van der Waals surface area contributed by atoms with E-state index in [0.717, 1.165) is 12.8 Å². The number of nitrogens with one attached hydrogen (secondary N) is 2. The van der Waals surface area contributed by atoms with Crippen molar-refractivity contribution in [2.24, 2.45) is 5.92 Å². The maximum atomic E-state index is 12.6. The van der Waals surface area contributed by atoms with Crippen LogP contribution in [-0.4, -0.2) is 26.7 Å². The van der Waals surface area contributed by atoms with Gasteiger partial charge in [-0.3, -0.25) is 14.3 Å². The Labute approximate surface area is 150 Å². The average Bonchev–Trinajstić information content (AvgIpc) is 3.46. The highest BCUT2D eigenvalue weighted by atomic mass is 32.2. The second kappa shape index (κ2) is 6.14. The number of Topliss-reactive ketones (excluding diaryl/α,β-unsaturated/α-hetero) is 1. The summed E-state index contributed by atoms with van der Waals surface area (Å²) in [5.74, 6) is 0.117. The Morgan fingerprint density at radius 1 is 1.12 bits per heavy atom. The van der Waals surface area contributed by atoms with E-state index in [9.17, 15) is 18.0 Å². The van der Waals surface area contributed by atoms with Gasteiger partial charge in [-0.05, 0) is 37.1 Å². The predicted octanol–water partition coefficient (Wildman–Crippen LogP) is 2.41. The quantitative estimate of drug-likeness (QED) is 0.785. The molecule has 2 aromatic carbocycles. The third kappa shape index (κ3) is 3.15. The largest absolute Gasteiger partial charge is 0.479 e. The van der Waals surface area contributed by atoms with Gasteiger partial charge < -0.3 is 10.1 Å². The molecule has 2 N–H and O–H groups in total. The van der Waals surface area contributed by atoms with Crippen LogP contribution in [0.15, 0.2) is 47.4 Å². The van der Waals surface area contributed by atoms with Crippen LogP contribution in [0, 0.1) is 5.92 Å². The molecule has 0 unspecified atom stereocenters. The number of benzene rings is 2. The predicted molar refractivity (Wildman–Crippen MR) is 94.9 cm³/mol. The number of fused-ring (bicyclic) bond motifs is 1. The summed E-state index contributed by atoms with van der Waals surface area (Å²) in [4.78, 5) is 23.5. The molecule has 1 heterocycles. The number of anilines is 2. The summed E-state index contributed by atoms with van der Waals surface area (Å²) < 4.78 is 33.1. The molecule has 0 bridgehead atoms. The van der Waals surface area contributed by atoms with Crippen LogP contribution in [0.25, 0.3) is 0 Å². The fourth-order valence-electron chi connectivity index (χ4n) is 2.78. The highest BCUT2D eigenvalue weighted by molar-refractivity contribution is 7.92. The van der Waals surface area contributed by atoms with E-state index >= 15 is 0 Å². The Kier molecular flexibility index (Phi) is 3.91. The van der Waals surface area contributed by atoms with Crippen molar-refractivity contribution < 1.29 is 22.7 Å². The Balaban J connectivity index is 1.59. The summed E-state index contributed by atoms with van der Waals surface area (Å²) >= 11 is 0. The fourth-order valence-corrected chi connectivity index (χ4v) is 3.84. The molecule has 4 rings (SSSR count). The molecule has 1 saturated carbocycles. The van der Waals surface area contributed by atoms with E-state index in [0.29, 0.717) is 11.3 Å². The summed E-state index contributed by atoms with van der Waals surface area (Å²) in [6.07, 6.45) is 1.80. The zero-order valence-corrected chi connectivity index (χ0v) is 14.5. The number of carbonyl (C=O) groups is 2. The van der Waals surface area contributed by atoms with Crippen LogP contribution in [0.4, 0.5) is 11.4 Å². The summed E-state index contributed by atoms with van der Waals surface area (Å²) in [6.45, 7) is -0.177. The second-order valence-electron chi connectivity index (χ2n) is 6.29. The van der Waals surface area contributed by atoms with E-state index in [1.54, 1.807) is 18.2 Å². The summed E-state index contributed by atoms with van der Waals surface area (Å²) in [6, 6.07) is 10.7. The molecule has 0 saturated heterocycles. The first kappa shape index (κ1) is 16.6. The molecule has 134 valence electrons. The lowest BCUT2D eigenvalue weighted by Crippen LogP contribution is -2.26. The van der Waals surface area contributed by atoms with E-state index < -0.39 is 10.0 Å². The smallest absolute Gasteiger partial charge is 0.262 e. The zero-order chi connectivity index (χ0) is 18.3. The normalized spacial score (nSPS) is 16.2. The molecule has 0 atom stereocenters. The number of hydrogen-bond donors (Lipinski definition) is 2. The van der Waals surface area contributed by atoms with Gasteiger partial charge in [-0.2, -0.15) is 0 Å². The number of para-hydroxylation sites is 1. The van der Waals surface area contributed by atoms with Gasteiger partial charge in [0, 0.05) is 11.5 Å². The molecule has 0 aromatic heterocycles. The number of ketones is 1. The Morgan fingerprint density at radius 3 is 2.54 bits per heavy atom. The molecule has 1 amide bonds. The number of sulfonamides is 1. The van der Waals surface area contributed by atoms with Crippen LogP contribution < -0.4 is 14.8 Å². The van der Waals surface area contributed by atoms with E-state index in [4.69, 9.17) is 4.74 Å². The monoisotopic (exact) mass is 372 g/mol. The van der Waals surface area contributed by atoms with Crippen LogP contribution in [-0.2, 0) is 14.8 Å². The van der Waals surface area contributed by atoms with E-state index in [2.05, 4.69) is 10.0 Å². The van der Waals surface area contributed by atoms with Crippen molar-refractivity contribution in [3.63, 3.8) is 0 Å². The molecule has 8 heteroatoms. The summed E-state index contributed by atoms with van der Waals surface area (Å²) in [7, 11) is -3.86. The van der Waals surface area contributed by atoms with E-state index in [-0.39, 0.29) is 40.5 Å². The van der Waals surface area contributed by atoms with Crippen molar-refractivity contribution in [3.8, 4) is 5.75 Å². The van der Waals surface area contributed by atoms with Gasteiger partial charge in [0.15, 0.2) is 18.1 Å². The van der Waals surface area contributed by atoms with Gasteiger partial charge in [0.05, 0.1) is 16.3 Å². The number of rotatable bonds is 5. The molecule has 0 spiro atoms. The SMILES string of the molecule is O=C1COc2c(cccc2NS(=O)(=O)c2ccc(C(=O)C3CC3)cc2)N1. The van der Waals surface area contributed by atoms with E-state index in [1.807, 2.05) is 0 Å². The van der Waals surface area contributed by atoms with Gasteiger partial charge >= 0.3 is 0 Å². The number of ether oxygens (including phenoxy) is 1. The highest BCUT2D eigenvalue weighted by Gasteiger charge is 2.30. The first-order valence-corrected chi connectivity index (χ1v) is 9.65. The standard InChI is InChI=1S/C18H16N2O5S/c21-16-10-25-18-14(19-16)2-1-3-15(18)20-26(23,24)13-8-6-12(7-9-13)17(22)11-4-5-11/h1-3,6-9,11,20H,4-5,10H2,(H,19,21). The van der Waals surface area contributed by atoms with Crippen molar-refractivity contribution >= 4 is 33.1 Å². The minimum atomic E-state index is -3.86. The minimum absolute atomic E-state index is 0.0438. The third-order valence-corrected chi connectivity index (χ3v) is 5.66. The second-order valence-corrected chi connectivity index (χ2v) is 7.97. The summed E-state index contributed by atoms with van der Waals surface area (Å²) in [5.41, 5.74) is 1.17. The average molecular weight is 372 g/mol. The fraction of sp³-hybridized carbons (Fsp3) is 0.222. The molecule has 7 nitrogen and oxygen atoms in total. The number of hydrogen-bond acceptors (Lipinski definition) is 5. The van der Waals surface area contributed by atoms with E-state index in [1.165, 1.54) is 24.3 Å². The van der Waals surface area contributed by atoms with Crippen molar-refractivity contribution in [1.82, 2.24) is 0 Å². The zero-order valence-electron chi connectivity index (χ0n) is 13.7. The Bertz CT molecular complexity index is 995. The molecule has 2 aromatic rings. The maximum Gasteiger partial charge on any atom is 0.262 e.